The molecule has 0 unspecified atom stereocenters. The number of nitrogens with one attached hydrogen (secondary N) is 2. The van der Waals surface area contributed by atoms with E-state index >= 15 is 0 Å². The molecule has 1 aliphatic heterocycles. The average molecular weight is 564 g/mol. The number of aliphatic imine (C=N–C) groups is 1. The second-order valence-corrected chi connectivity index (χ2v) is 9.61. The molecule has 1 aromatic rings. The fraction of sp³-hybridized carbons (Fsp3) is 0.826. The summed E-state index contributed by atoms with van der Waals surface area (Å²) in [5, 5.41) is 10.4. The molecule has 0 amide bonds. The first kappa shape index (κ1) is 26.8. The third kappa shape index (κ3) is 9.92. The molecule has 1 aliphatic carbocycles. The molecule has 1 aromatic heterocycles. The number of likely N-dealkylation sites (tertiary alicyclic amines) is 1. The minimum atomic E-state index is 0. The fourth-order valence-electron chi connectivity index (χ4n) is 4.38. The average Bonchev–Trinajstić information content (AvgIpc) is 3.25. The van der Waals surface area contributed by atoms with Crippen molar-refractivity contribution < 1.29 is 4.74 Å². The molecule has 2 heterocycles. The van der Waals surface area contributed by atoms with Gasteiger partial charge in [-0.3, -0.25) is 9.89 Å². The minimum absolute atomic E-state index is 0. The summed E-state index contributed by atoms with van der Waals surface area (Å²) >= 11 is 1.79. The summed E-state index contributed by atoms with van der Waals surface area (Å²) in [5.74, 6) is 1.64. The Kier molecular flexibility index (Phi) is 13.3. The van der Waals surface area contributed by atoms with Crippen molar-refractivity contribution in [2.45, 2.75) is 77.4 Å². The van der Waals surface area contributed by atoms with Gasteiger partial charge in [0.25, 0.3) is 0 Å². The van der Waals surface area contributed by atoms with Crippen LogP contribution in [-0.2, 0) is 17.7 Å². The summed E-state index contributed by atoms with van der Waals surface area (Å²) in [6.07, 6.45) is 11.6. The highest BCUT2D eigenvalue weighted by molar-refractivity contribution is 14.0. The van der Waals surface area contributed by atoms with Crippen LogP contribution in [0.1, 0.15) is 69.0 Å². The van der Waals surface area contributed by atoms with Gasteiger partial charge in [-0.05, 0) is 57.5 Å². The second kappa shape index (κ2) is 15.4. The van der Waals surface area contributed by atoms with E-state index in [0.29, 0.717) is 6.10 Å². The van der Waals surface area contributed by atoms with Crippen molar-refractivity contribution in [1.82, 2.24) is 20.5 Å². The number of guanidine groups is 1. The largest absolute Gasteiger partial charge is 0.378 e. The molecule has 3 rings (SSSR count). The van der Waals surface area contributed by atoms with Crippen LogP contribution in [0, 0.1) is 5.92 Å². The quantitative estimate of drug-likeness (QED) is 0.191. The summed E-state index contributed by atoms with van der Waals surface area (Å²) in [4.78, 5) is 11.6. The van der Waals surface area contributed by atoms with Crippen LogP contribution in [0.25, 0.3) is 0 Å². The Bertz CT molecular complexity index is 627. The number of thiazole rings is 1. The van der Waals surface area contributed by atoms with Gasteiger partial charge in [0.2, 0.25) is 0 Å². The zero-order chi connectivity index (χ0) is 21.0. The standard InChI is InChI=1S/C23H41N5OS.HI/c1-3-22-27-20(18-30-22)17-28-13-10-19(11-14-28)16-26-23(24-2)25-12-7-15-29-21-8-5-4-6-9-21;/h18-19,21H,3-17H2,1-2H3,(H2,24,25,26);1H. The maximum absolute atomic E-state index is 6.01. The Morgan fingerprint density at radius 3 is 2.65 bits per heavy atom. The molecule has 178 valence electrons. The highest BCUT2D eigenvalue weighted by Crippen LogP contribution is 2.21. The summed E-state index contributed by atoms with van der Waals surface area (Å²) in [6.45, 7) is 8.27. The lowest BCUT2D eigenvalue weighted by molar-refractivity contribution is 0.0277. The maximum atomic E-state index is 6.01. The van der Waals surface area contributed by atoms with E-state index in [1.54, 1.807) is 11.3 Å². The molecule has 1 saturated carbocycles. The smallest absolute Gasteiger partial charge is 0.190 e. The molecule has 2 aliphatic rings. The van der Waals surface area contributed by atoms with Crippen LogP contribution in [0.4, 0.5) is 0 Å². The van der Waals surface area contributed by atoms with Crippen molar-refractivity contribution in [3.8, 4) is 0 Å². The molecule has 1 saturated heterocycles. The van der Waals surface area contributed by atoms with E-state index in [1.165, 1.54) is 55.6 Å². The van der Waals surface area contributed by atoms with Crippen LogP contribution in [0.3, 0.4) is 0 Å². The van der Waals surface area contributed by atoms with E-state index < -0.39 is 0 Å². The van der Waals surface area contributed by atoms with Gasteiger partial charge in [0.15, 0.2) is 5.96 Å². The first-order valence-electron chi connectivity index (χ1n) is 12.0. The van der Waals surface area contributed by atoms with Crippen molar-refractivity contribution in [1.29, 1.82) is 0 Å². The van der Waals surface area contributed by atoms with Crippen molar-refractivity contribution in [2.75, 3.05) is 39.8 Å². The normalized spacial score (nSPS) is 19.2. The van der Waals surface area contributed by atoms with Crippen LogP contribution in [0.5, 0.6) is 0 Å². The highest BCUT2D eigenvalue weighted by atomic mass is 127. The molecule has 31 heavy (non-hydrogen) atoms. The zero-order valence-electron chi connectivity index (χ0n) is 19.4. The Morgan fingerprint density at radius 2 is 1.97 bits per heavy atom. The van der Waals surface area contributed by atoms with E-state index in [-0.39, 0.29) is 24.0 Å². The maximum Gasteiger partial charge on any atom is 0.190 e. The van der Waals surface area contributed by atoms with Crippen molar-refractivity contribution >= 4 is 41.3 Å². The molecule has 0 bridgehead atoms. The third-order valence-corrected chi connectivity index (χ3v) is 7.34. The molecule has 6 nitrogen and oxygen atoms in total. The monoisotopic (exact) mass is 563 g/mol. The van der Waals surface area contributed by atoms with Crippen molar-refractivity contribution in [3.63, 3.8) is 0 Å². The Hall–Kier alpha value is -0.450. The molecule has 0 atom stereocenters. The van der Waals surface area contributed by atoms with Gasteiger partial charge < -0.3 is 15.4 Å². The number of hydrogen-bond donors (Lipinski definition) is 2. The molecular formula is C23H42IN5OS. The zero-order valence-corrected chi connectivity index (χ0v) is 22.6. The van der Waals surface area contributed by atoms with Crippen LogP contribution >= 0.6 is 35.3 Å². The molecular weight excluding hydrogens is 521 g/mol. The topological polar surface area (TPSA) is 61.8 Å². The molecule has 8 heteroatoms. The summed E-state index contributed by atoms with van der Waals surface area (Å²) in [7, 11) is 1.86. The number of aromatic nitrogens is 1. The van der Waals surface area contributed by atoms with Crippen LogP contribution in [-0.4, -0.2) is 61.8 Å². The summed E-state index contributed by atoms with van der Waals surface area (Å²) in [5.41, 5.74) is 1.24. The van der Waals surface area contributed by atoms with E-state index in [9.17, 15) is 0 Å². The number of nitrogens with zero attached hydrogens (tertiary/aromatic N) is 3. The number of hydrogen-bond acceptors (Lipinski definition) is 5. The Morgan fingerprint density at radius 1 is 1.19 bits per heavy atom. The number of ether oxygens (including phenoxy) is 1. The number of aryl methyl sites for hydroxylation is 1. The first-order valence-corrected chi connectivity index (χ1v) is 12.9. The van der Waals surface area contributed by atoms with E-state index in [4.69, 9.17) is 9.72 Å². The lowest BCUT2D eigenvalue weighted by atomic mass is 9.97. The predicted molar refractivity (Wildman–Crippen MR) is 142 cm³/mol. The SMILES string of the molecule is CCc1nc(CN2CCC(CNC(=NC)NCCCOC3CCCCC3)CC2)cs1.I. The third-order valence-electron chi connectivity index (χ3n) is 6.30. The molecule has 2 N–H and O–H groups in total. The van der Waals surface area contributed by atoms with Gasteiger partial charge in [-0.2, -0.15) is 0 Å². The van der Waals surface area contributed by atoms with Crippen LogP contribution in [0.2, 0.25) is 0 Å². The summed E-state index contributed by atoms with van der Waals surface area (Å²) < 4.78 is 6.01. The van der Waals surface area contributed by atoms with E-state index in [0.717, 1.165) is 64.0 Å². The number of piperidine rings is 1. The minimum Gasteiger partial charge on any atom is -0.378 e. The lowest BCUT2D eigenvalue weighted by Gasteiger charge is -2.31. The van der Waals surface area contributed by atoms with Gasteiger partial charge in [-0.25, -0.2) is 4.98 Å². The van der Waals surface area contributed by atoms with Crippen molar-refractivity contribution in [3.05, 3.63) is 16.1 Å². The van der Waals surface area contributed by atoms with Gasteiger partial charge in [0, 0.05) is 38.7 Å². The second-order valence-electron chi connectivity index (χ2n) is 8.67. The highest BCUT2D eigenvalue weighted by Gasteiger charge is 2.20. The van der Waals surface area contributed by atoms with Gasteiger partial charge in [0.1, 0.15) is 0 Å². The molecule has 0 radical (unpaired) electrons. The molecule has 2 fully saturated rings. The van der Waals surface area contributed by atoms with Gasteiger partial charge in [0.05, 0.1) is 16.8 Å². The van der Waals surface area contributed by atoms with E-state index in [2.05, 4.69) is 32.8 Å². The van der Waals surface area contributed by atoms with Gasteiger partial charge in [-0.15, -0.1) is 35.3 Å². The number of rotatable bonds is 10. The fourth-order valence-corrected chi connectivity index (χ4v) is 5.12. The van der Waals surface area contributed by atoms with Crippen molar-refractivity contribution in [2.24, 2.45) is 10.9 Å². The van der Waals surface area contributed by atoms with Gasteiger partial charge >= 0.3 is 0 Å². The predicted octanol–water partition coefficient (Wildman–Crippen LogP) is 4.44. The molecule has 0 aromatic carbocycles. The first-order chi connectivity index (χ1) is 14.8. The van der Waals surface area contributed by atoms with Crippen LogP contribution in [0.15, 0.2) is 10.4 Å². The summed E-state index contributed by atoms with van der Waals surface area (Å²) in [6, 6.07) is 0. The Labute approximate surface area is 210 Å². The lowest BCUT2D eigenvalue weighted by Crippen LogP contribution is -2.43. The van der Waals surface area contributed by atoms with Crippen LogP contribution < -0.4 is 10.6 Å². The molecule has 0 spiro atoms. The van der Waals surface area contributed by atoms with E-state index in [1.807, 2.05) is 7.05 Å². The van der Waals surface area contributed by atoms with Gasteiger partial charge in [-0.1, -0.05) is 26.2 Å². The Balaban J connectivity index is 0.00000341. The number of halogens is 1.